The molecule has 0 aliphatic carbocycles. The molecule has 9 heavy (non-hydrogen) atoms. The van der Waals surface area contributed by atoms with Crippen molar-refractivity contribution in [3.63, 3.8) is 0 Å². The summed E-state index contributed by atoms with van der Waals surface area (Å²) in [5.41, 5.74) is 0. The van der Waals surface area contributed by atoms with Gasteiger partial charge in [0.05, 0.1) is 0 Å². The van der Waals surface area contributed by atoms with E-state index in [-0.39, 0.29) is 0 Å². The summed E-state index contributed by atoms with van der Waals surface area (Å²) in [6, 6.07) is 0. The summed E-state index contributed by atoms with van der Waals surface area (Å²) in [6.45, 7) is 5.13. The van der Waals surface area contributed by atoms with E-state index in [1.807, 2.05) is 4.90 Å². The lowest BCUT2D eigenvalue weighted by Gasteiger charge is -2.27. The highest BCUT2D eigenvalue weighted by atomic mass is 19.1. The number of nitrogens with one attached hydrogen (secondary N) is 1. The van der Waals surface area contributed by atoms with Gasteiger partial charge < -0.3 is 5.32 Å². The van der Waals surface area contributed by atoms with E-state index in [0.29, 0.717) is 0 Å². The second-order valence-electron chi connectivity index (χ2n) is 2.36. The second kappa shape index (κ2) is 3.13. The van der Waals surface area contributed by atoms with E-state index in [9.17, 15) is 4.39 Å². The van der Waals surface area contributed by atoms with Crippen LogP contribution in [0.15, 0.2) is 0 Å². The summed E-state index contributed by atoms with van der Waals surface area (Å²) >= 11 is 0. The predicted octanol–water partition coefficient (Wildman–Crippen LogP) is 0.207. The zero-order chi connectivity index (χ0) is 6.69. The van der Waals surface area contributed by atoms with Crippen molar-refractivity contribution in [3.05, 3.63) is 0 Å². The highest BCUT2D eigenvalue weighted by molar-refractivity contribution is 4.67. The van der Waals surface area contributed by atoms with Gasteiger partial charge in [-0.1, -0.05) is 0 Å². The molecule has 1 fully saturated rings. The second-order valence-corrected chi connectivity index (χ2v) is 2.36. The van der Waals surface area contributed by atoms with Crippen LogP contribution in [0.5, 0.6) is 0 Å². The Bertz CT molecular complexity index is 79.1. The lowest BCUT2D eigenvalue weighted by molar-refractivity contribution is 0.0852. The molecular weight excluding hydrogens is 119 g/mol. The van der Waals surface area contributed by atoms with Crippen LogP contribution >= 0.6 is 0 Å². The number of rotatable bonds is 1. The quantitative estimate of drug-likeness (QED) is 0.513. The molecule has 1 N–H and O–H groups in total. The summed E-state index contributed by atoms with van der Waals surface area (Å²) in [7, 11) is 0. The maximum Gasteiger partial charge on any atom is 0.150 e. The van der Waals surface area contributed by atoms with Crippen molar-refractivity contribution in [2.24, 2.45) is 0 Å². The molecule has 0 unspecified atom stereocenters. The number of hydrogen-bond donors (Lipinski definition) is 1. The molecule has 0 saturated carbocycles. The Balaban J connectivity index is 2.23. The Labute approximate surface area is 55.0 Å². The van der Waals surface area contributed by atoms with Crippen molar-refractivity contribution >= 4 is 0 Å². The first kappa shape index (κ1) is 6.96. The van der Waals surface area contributed by atoms with Gasteiger partial charge in [0.2, 0.25) is 0 Å². The van der Waals surface area contributed by atoms with E-state index in [1.165, 1.54) is 0 Å². The van der Waals surface area contributed by atoms with Crippen LogP contribution in [0.25, 0.3) is 0 Å². The van der Waals surface area contributed by atoms with Crippen molar-refractivity contribution in [1.82, 2.24) is 10.2 Å². The molecule has 2 nitrogen and oxygen atoms in total. The monoisotopic (exact) mass is 132 g/mol. The first-order chi connectivity index (χ1) is 4.30. The van der Waals surface area contributed by atoms with Gasteiger partial charge in [0.1, 0.15) is 0 Å². The summed E-state index contributed by atoms with van der Waals surface area (Å²) < 4.78 is 12.5. The zero-order valence-corrected chi connectivity index (χ0v) is 5.73. The topological polar surface area (TPSA) is 15.3 Å². The van der Waals surface area contributed by atoms with Gasteiger partial charge in [-0.3, -0.25) is 4.90 Å². The average Bonchev–Trinajstić information content (AvgIpc) is 1.90. The minimum absolute atomic E-state index is 0.771. The smallest absolute Gasteiger partial charge is 0.150 e. The SMILES string of the molecule is C[C@H](F)N1CCNCC1. The molecule has 0 aromatic rings. The molecule has 1 atom stereocenters. The van der Waals surface area contributed by atoms with Gasteiger partial charge in [-0.15, -0.1) is 0 Å². The Morgan fingerprint density at radius 1 is 1.44 bits per heavy atom. The van der Waals surface area contributed by atoms with Gasteiger partial charge in [0.15, 0.2) is 6.30 Å². The van der Waals surface area contributed by atoms with Crippen LogP contribution in [0.3, 0.4) is 0 Å². The maximum absolute atomic E-state index is 12.5. The minimum atomic E-state index is -0.771. The number of hydrogen-bond acceptors (Lipinski definition) is 2. The molecule has 1 aliphatic rings. The summed E-state index contributed by atoms with van der Waals surface area (Å²) in [5.74, 6) is 0. The van der Waals surface area contributed by atoms with E-state index >= 15 is 0 Å². The Hall–Kier alpha value is -0.150. The van der Waals surface area contributed by atoms with Crippen LogP contribution in [0.2, 0.25) is 0 Å². The molecule has 1 heterocycles. The standard InChI is InChI=1S/C6H13FN2/c1-6(7)9-4-2-8-3-5-9/h6,8H,2-5H2,1H3/t6-/m1/s1. The fourth-order valence-corrected chi connectivity index (χ4v) is 1.04. The molecule has 1 aliphatic heterocycles. The number of alkyl halides is 1. The van der Waals surface area contributed by atoms with E-state index < -0.39 is 6.30 Å². The van der Waals surface area contributed by atoms with Crippen LogP contribution in [0.4, 0.5) is 4.39 Å². The molecule has 1 saturated heterocycles. The van der Waals surface area contributed by atoms with E-state index in [0.717, 1.165) is 26.2 Å². The molecule has 1 rings (SSSR count). The van der Waals surface area contributed by atoms with Crippen molar-refractivity contribution in [2.75, 3.05) is 26.2 Å². The van der Waals surface area contributed by atoms with Gasteiger partial charge >= 0.3 is 0 Å². The van der Waals surface area contributed by atoms with Crippen molar-refractivity contribution in [3.8, 4) is 0 Å². The first-order valence-electron chi connectivity index (χ1n) is 3.39. The van der Waals surface area contributed by atoms with E-state index in [4.69, 9.17) is 0 Å². The molecule has 3 heteroatoms. The van der Waals surface area contributed by atoms with Gasteiger partial charge in [-0.05, 0) is 6.92 Å². The van der Waals surface area contributed by atoms with Crippen molar-refractivity contribution in [2.45, 2.75) is 13.2 Å². The summed E-state index contributed by atoms with van der Waals surface area (Å²) in [6.07, 6.45) is -0.771. The predicted molar refractivity (Wildman–Crippen MR) is 35.0 cm³/mol. The number of halogens is 1. The molecule has 0 radical (unpaired) electrons. The van der Waals surface area contributed by atoms with Crippen molar-refractivity contribution < 1.29 is 4.39 Å². The highest BCUT2D eigenvalue weighted by Gasteiger charge is 2.13. The third-order valence-electron chi connectivity index (χ3n) is 1.65. The van der Waals surface area contributed by atoms with Crippen LogP contribution in [-0.4, -0.2) is 37.4 Å². The average molecular weight is 132 g/mol. The van der Waals surface area contributed by atoms with Crippen molar-refractivity contribution in [1.29, 1.82) is 0 Å². The van der Waals surface area contributed by atoms with Gasteiger partial charge in [0, 0.05) is 26.2 Å². The minimum Gasteiger partial charge on any atom is -0.314 e. The molecule has 0 bridgehead atoms. The van der Waals surface area contributed by atoms with Crippen LogP contribution in [-0.2, 0) is 0 Å². The molecule has 0 aromatic carbocycles. The van der Waals surface area contributed by atoms with Crippen LogP contribution in [0, 0.1) is 0 Å². The van der Waals surface area contributed by atoms with Gasteiger partial charge in [-0.25, -0.2) is 4.39 Å². The van der Waals surface area contributed by atoms with Gasteiger partial charge in [0.25, 0.3) is 0 Å². The molecule has 54 valence electrons. The molecule has 0 amide bonds. The molecular formula is C6H13FN2. The fourth-order valence-electron chi connectivity index (χ4n) is 1.04. The third-order valence-corrected chi connectivity index (χ3v) is 1.65. The Morgan fingerprint density at radius 2 is 2.00 bits per heavy atom. The number of nitrogens with zero attached hydrogens (tertiary/aromatic N) is 1. The Morgan fingerprint density at radius 3 is 2.33 bits per heavy atom. The molecule has 0 aromatic heterocycles. The van der Waals surface area contributed by atoms with Crippen LogP contribution < -0.4 is 5.32 Å². The van der Waals surface area contributed by atoms with E-state index in [1.54, 1.807) is 6.92 Å². The van der Waals surface area contributed by atoms with Gasteiger partial charge in [-0.2, -0.15) is 0 Å². The fraction of sp³-hybridized carbons (Fsp3) is 1.00. The lowest BCUT2D eigenvalue weighted by Crippen LogP contribution is -2.46. The first-order valence-corrected chi connectivity index (χ1v) is 3.39. The zero-order valence-electron chi connectivity index (χ0n) is 5.73. The maximum atomic E-state index is 12.5. The van der Waals surface area contributed by atoms with Crippen LogP contribution in [0.1, 0.15) is 6.92 Å². The number of piperazine rings is 1. The summed E-state index contributed by atoms with van der Waals surface area (Å²) in [5, 5.41) is 3.16. The van der Waals surface area contributed by atoms with E-state index in [2.05, 4.69) is 5.32 Å². The summed E-state index contributed by atoms with van der Waals surface area (Å²) in [4.78, 5) is 1.83. The Kier molecular flexibility index (Phi) is 2.42. The highest BCUT2D eigenvalue weighted by Crippen LogP contribution is 2.00. The molecule has 0 spiro atoms. The normalized spacial score (nSPS) is 26.0. The lowest BCUT2D eigenvalue weighted by atomic mass is 10.3. The third kappa shape index (κ3) is 1.91. The largest absolute Gasteiger partial charge is 0.314 e.